The molecule has 0 fully saturated rings. The lowest BCUT2D eigenvalue weighted by Crippen LogP contribution is -2.28. The van der Waals surface area contributed by atoms with E-state index in [1.165, 1.54) is 0 Å². The third-order valence-corrected chi connectivity index (χ3v) is 3.17. The number of thiazole rings is 1. The maximum Gasteiger partial charge on any atom is 0.193 e. The Balaban J connectivity index is 1.86. The van der Waals surface area contributed by atoms with Crippen molar-refractivity contribution in [3.8, 4) is 0 Å². The largest absolute Gasteiger partial charge is 0.391 e. The molecule has 2 N–H and O–H groups in total. The number of aromatic nitrogens is 2. The minimum absolute atomic E-state index is 0.351. The smallest absolute Gasteiger partial charge is 0.193 e. The fourth-order valence-corrected chi connectivity index (χ4v) is 2.35. The predicted octanol–water partition coefficient (Wildman–Crippen LogP) is 1.30. The van der Waals surface area contributed by atoms with Gasteiger partial charge < -0.3 is 10.4 Å². The molecule has 2 aromatic rings. The summed E-state index contributed by atoms with van der Waals surface area (Å²) >= 11 is 1.61. The number of imidazole rings is 1. The SMILES string of the molecule is CCCNCC(O)Cc1cn2ccsc2n1. The number of rotatable bonds is 6. The van der Waals surface area contributed by atoms with Crippen LogP contribution in [0.15, 0.2) is 17.8 Å². The molecule has 0 saturated carbocycles. The van der Waals surface area contributed by atoms with E-state index < -0.39 is 0 Å². The monoisotopic (exact) mass is 239 g/mol. The van der Waals surface area contributed by atoms with E-state index in [4.69, 9.17) is 0 Å². The quantitative estimate of drug-likeness (QED) is 0.747. The number of nitrogens with one attached hydrogen (secondary N) is 1. The molecule has 0 radical (unpaired) electrons. The van der Waals surface area contributed by atoms with Crippen LogP contribution < -0.4 is 5.32 Å². The Labute approximate surface area is 98.9 Å². The predicted molar refractivity (Wildman–Crippen MR) is 65.9 cm³/mol. The van der Waals surface area contributed by atoms with Crippen LogP contribution in [0.3, 0.4) is 0 Å². The van der Waals surface area contributed by atoms with Gasteiger partial charge in [-0.1, -0.05) is 6.92 Å². The summed E-state index contributed by atoms with van der Waals surface area (Å²) in [4.78, 5) is 5.42. The van der Waals surface area contributed by atoms with Crippen LogP contribution in [-0.2, 0) is 6.42 Å². The first-order chi connectivity index (χ1) is 7.79. The van der Waals surface area contributed by atoms with E-state index in [2.05, 4.69) is 17.2 Å². The van der Waals surface area contributed by atoms with Gasteiger partial charge in [-0.3, -0.25) is 4.40 Å². The second-order valence-corrected chi connectivity index (χ2v) is 4.76. The molecule has 0 saturated heterocycles. The van der Waals surface area contributed by atoms with E-state index in [-0.39, 0.29) is 6.10 Å². The van der Waals surface area contributed by atoms with Crippen LogP contribution in [0.25, 0.3) is 4.96 Å². The molecule has 16 heavy (non-hydrogen) atoms. The van der Waals surface area contributed by atoms with Crippen LogP contribution in [0.4, 0.5) is 0 Å². The highest BCUT2D eigenvalue weighted by Gasteiger charge is 2.08. The lowest BCUT2D eigenvalue weighted by molar-refractivity contribution is 0.171. The fourth-order valence-electron chi connectivity index (χ4n) is 1.63. The molecule has 88 valence electrons. The summed E-state index contributed by atoms with van der Waals surface area (Å²) in [6.07, 6.45) is 5.32. The number of fused-ring (bicyclic) bond motifs is 1. The fraction of sp³-hybridized carbons (Fsp3) is 0.545. The van der Waals surface area contributed by atoms with E-state index in [9.17, 15) is 5.11 Å². The molecule has 5 heteroatoms. The van der Waals surface area contributed by atoms with E-state index >= 15 is 0 Å². The van der Waals surface area contributed by atoms with Crippen molar-refractivity contribution in [1.29, 1.82) is 0 Å². The topological polar surface area (TPSA) is 49.6 Å². The van der Waals surface area contributed by atoms with Crippen molar-refractivity contribution in [3.05, 3.63) is 23.5 Å². The van der Waals surface area contributed by atoms with E-state index in [1.54, 1.807) is 11.3 Å². The molecule has 2 aromatic heterocycles. The Kier molecular flexibility index (Phi) is 3.93. The zero-order chi connectivity index (χ0) is 11.4. The van der Waals surface area contributed by atoms with Gasteiger partial charge in [-0.25, -0.2) is 4.98 Å². The molecule has 0 bridgehead atoms. The van der Waals surface area contributed by atoms with Crippen molar-refractivity contribution >= 4 is 16.3 Å². The zero-order valence-electron chi connectivity index (χ0n) is 9.39. The highest BCUT2D eigenvalue weighted by Crippen LogP contribution is 2.12. The van der Waals surface area contributed by atoms with Crippen LogP contribution in [0.1, 0.15) is 19.0 Å². The maximum atomic E-state index is 9.78. The standard InChI is InChI=1S/C11H17N3OS/c1-2-3-12-7-10(15)6-9-8-14-4-5-16-11(14)13-9/h4-5,8,10,12,15H,2-3,6-7H2,1H3. The average Bonchev–Trinajstić information content (AvgIpc) is 2.78. The third kappa shape index (κ3) is 2.81. The van der Waals surface area contributed by atoms with Crippen molar-refractivity contribution < 1.29 is 5.11 Å². The van der Waals surface area contributed by atoms with Gasteiger partial charge in [0.15, 0.2) is 4.96 Å². The molecule has 2 heterocycles. The third-order valence-electron chi connectivity index (χ3n) is 2.39. The molecule has 1 atom stereocenters. The van der Waals surface area contributed by atoms with Gasteiger partial charge in [0.25, 0.3) is 0 Å². The molecule has 1 unspecified atom stereocenters. The first kappa shape index (κ1) is 11.6. The van der Waals surface area contributed by atoms with E-state index in [1.807, 2.05) is 22.2 Å². The van der Waals surface area contributed by atoms with Gasteiger partial charge in [-0.2, -0.15) is 0 Å². The summed E-state index contributed by atoms with van der Waals surface area (Å²) in [5.74, 6) is 0. The maximum absolute atomic E-state index is 9.78. The van der Waals surface area contributed by atoms with Gasteiger partial charge >= 0.3 is 0 Å². The second-order valence-electron chi connectivity index (χ2n) is 3.89. The van der Waals surface area contributed by atoms with Crippen molar-refractivity contribution in [3.63, 3.8) is 0 Å². The van der Waals surface area contributed by atoms with Gasteiger partial charge in [0.1, 0.15) is 0 Å². The van der Waals surface area contributed by atoms with Gasteiger partial charge in [-0.15, -0.1) is 11.3 Å². The van der Waals surface area contributed by atoms with Crippen molar-refractivity contribution in [2.75, 3.05) is 13.1 Å². The summed E-state index contributed by atoms with van der Waals surface area (Å²) in [6.45, 7) is 3.71. The van der Waals surface area contributed by atoms with Crippen LogP contribution in [0.5, 0.6) is 0 Å². The molecule has 2 rings (SSSR count). The Bertz CT molecular complexity index is 409. The van der Waals surface area contributed by atoms with Gasteiger partial charge in [0, 0.05) is 30.7 Å². The molecule has 0 aliphatic carbocycles. The van der Waals surface area contributed by atoms with Crippen LogP contribution >= 0.6 is 11.3 Å². The highest BCUT2D eigenvalue weighted by atomic mass is 32.1. The van der Waals surface area contributed by atoms with Gasteiger partial charge in [-0.05, 0) is 13.0 Å². The molecule has 0 amide bonds. The summed E-state index contributed by atoms with van der Waals surface area (Å²) in [7, 11) is 0. The first-order valence-corrected chi connectivity index (χ1v) is 6.47. The Morgan fingerprint density at radius 1 is 1.62 bits per heavy atom. The summed E-state index contributed by atoms with van der Waals surface area (Å²) in [5, 5.41) is 15.0. The number of nitrogens with zero attached hydrogens (tertiary/aromatic N) is 2. The first-order valence-electron chi connectivity index (χ1n) is 5.59. The van der Waals surface area contributed by atoms with Crippen LogP contribution in [-0.4, -0.2) is 33.7 Å². The number of hydrogen-bond donors (Lipinski definition) is 2. The molecule has 0 aliphatic heterocycles. The minimum atomic E-state index is -0.351. The minimum Gasteiger partial charge on any atom is -0.391 e. The molecular weight excluding hydrogens is 222 g/mol. The Hall–Kier alpha value is -0.910. The van der Waals surface area contributed by atoms with Crippen LogP contribution in [0.2, 0.25) is 0 Å². The lowest BCUT2D eigenvalue weighted by atomic mass is 10.2. The van der Waals surface area contributed by atoms with Crippen molar-refractivity contribution in [1.82, 2.24) is 14.7 Å². The summed E-state index contributed by atoms with van der Waals surface area (Å²) < 4.78 is 1.99. The normalized spacial score (nSPS) is 13.4. The molecule has 0 aliphatic rings. The average molecular weight is 239 g/mol. The lowest BCUT2D eigenvalue weighted by Gasteiger charge is -2.09. The molecule has 0 aromatic carbocycles. The summed E-state index contributed by atoms with van der Waals surface area (Å²) in [6, 6.07) is 0. The Morgan fingerprint density at radius 2 is 2.50 bits per heavy atom. The number of aliphatic hydroxyl groups is 1. The molecular formula is C11H17N3OS. The molecule has 0 spiro atoms. The summed E-state index contributed by atoms with van der Waals surface area (Å²) in [5.41, 5.74) is 0.956. The Morgan fingerprint density at radius 3 is 3.25 bits per heavy atom. The zero-order valence-corrected chi connectivity index (χ0v) is 10.2. The van der Waals surface area contributed by atoms with Gasteiger partial charge in [0.2, 0.25) is 0 Å². The number of aliphatic hydroxyl groups excluding tert-OH is 1. The van der Waals surface area contributed by atoms with E-state index in [0.717, 1.165) is 23.6 Å². The second kappa shape index (κ2) is 5.43. The highest BCUT2D eigenvalue weighted by molar-refractivity contribution is 7.15. The van der Waals surface area contributed by atoms with Gasteiger partial charge in [0.05, 0.1) is 11.8 Å². The van der Waals surface area contributed by atoms with Crippen molar-refractivity contribution in [2.24, 2.45) is 0 Å². The van der Waals surface area contributed by atoms with E-state index in [0.29, 0.717) is 13.0 Å². The number of hydrogen-bond acceptors (Lipinski definition) is 4. The molecule has 4 nitrogen and oxygen atoms in total. The van der Waals surface area contributed by atoms with Crippen molar-refractivity contribution in [2.45, 2.75) is 25.9 Å². The van der Waals surface area contributed by atoms with Crippen LogP contribution in [0, 0.1) is 0 Å².